The first-order chi connectivity index (χ1) is 9.24. The highest BCUT2D eigenvalue weighted by Crippen LogP contribution is 2.15. The van der Waals surface area contributed by atoms with Crippen LogP contribution in [0.3, 0.4) is 0 Å². The van der Waals surface area contributed by atoms with Crippen LogP contribution in [0.15, 0.2) is 36.7 Å². The second-order valence-corrected chi connectivity index (χ2v) is 4.64. The molecular formula is C13H12ClN5. The van der Waals surface area contributed by atoms with Gasteiger partial charge in [0.1, 0.15) is 5.82 Å². The number of aromatic nitrogens is 4. The number of aryl methyl sites for hydroxylation is 1. The summed E-state index contributed by atoms with van der Waals surface area (Å²) in [5.41, 5.74) is 1.81. The molecule has 1 N–H and O–H groups in total. The van der Waals surface area contributed by atoms with Gasteiger partial charge >= 0.3 is 0 Å². The van der Waals surface area contributed by atoms with Gasteiger partial charge in [-0.3, -0.25) is 4.40 Å². The van der Waals surface area contributed by atoms with Gasteiger partial charge in [0, 0.05) is 24.0 Å². The molecular weight excluding hydrogens is 262 g/mol. The Labute approximate surface area is 115 Å². The number of anilines is 1. The molecule has 0 radical (unpaired) electrons. The Bertz CT molecular complexity index is 722. The molecule has 3 aromatic rings. The van der Waals surface area contributed by atoms with E-state index in [0.717, 1.165) is 22.1 Å². The molecule has 0 fully saturated rings. The molecule has 0 spiro atoms. The SMILES string of the molecule is Cc1nnc2c(NCc3cccc(Cl)c3)nccn12. The molecule has 2 aromatic heterocycles. The first kappa shape index (κ1) is 11.9. The number of nitrogens with zero attached hydrogens (tertiary/aromatic N) is 4. The van der Waals surface area contributed by atoms with Gasteiger partial charge in [0.05, 0.1) is 0 Å². The number of hydrogen-bond donors (Lipinski definition) is 1. The van der Waals surface area contributed by atoms with Gasteiger partial charge in [-0.2, -0.15) is 0 Å². The van der Waals surface area contributed by atoms with E-state index in [1.54, 1.807) is 6.20 Å². The molecule has 0 saturated heterocycles. The Hall–Kier alpha value is -2.14. The summed E-state index contributed by atoms with van der Waals surface area (Å²) >= 11 is 5.96. The Morgan fingerprint density at radius 2 is 2.21 bits per heavy atom. The number of nitrogens with one attached hydrogen (secondary N) is 1. The zero-order chi connectivity index (χ0) is 13.2. The van der Waals surface area contributed by atoms with Crippen LogP contribution in [0.4, 0.5) is 5.82 Å². The van der Waals surface area contributed by atoms with Gasteiger partial charge in [-0.1, -0.05) is 23.7 Å². The molecule has 0 atom stereocenters. The van der Waals surface area contributed by atoms with Crippen LogP contribution in [0.1, 0.15) is 11.4 Å². The van der Waals surface area contributed by atoms with E-state index in [9.17, 15) is 0 Å². The van der Waals surface area contributed by atoms with Crippen molar-refractivity contribution < 1.29 is 0 Å². The molecule has 5 nitrogen and oxygen atoms in total. The van der Waals surface area contributed by atoms with Crippen molar-refractivity contribution in [2.75, 3.05) is 5.32 Å². The van der Waals surface area contributed by atoms with E-state index < -0.39 is 0 Å². The maximum absolute atomic E-state index is 5.96. The Morgan fingerprint density at radius 3 is 3.05 bits per heavy atom. The average molecular weight is 274 g/mol. The van der Waals surface area contributed by atoms with Crippen LogP contribution in [-0.2, 0) is 6.54 Å². The third-order valence-corrected chi connectivity index (χ3v) is 3.08. The van der Waals surface area contributed by atoms with Crippen molar-refractivity contribution in [2.45, 2.75) is 13.5 Å². The second-order valence-electron chi connectivity index (χ2n) is 4.20. The van der Waals surface area contributed by atoms with Crippen LogP contribution >= 0.6 is 11.6 Å². The highest BCUT2D eigenvalue weighted by Gasteiger charge is 2.07. The van der Waals surface area contributed by atoms with Gasteiger partial charge in [-0.25, -0.2) is 4.98 Å². The Kier molecular flexibility index (Phi) is 3.05. The van der Waals surface area contributed by atoms with Gasteiger partial charge in [0.15, 0.2) is 5.82 Å². The summed E-state index contributed by atoms with van der Waals surface area (Å²) in [6.07, 6.45) is 3.57. The van der Waals surface area contributed by atoms with Crippen molar-refractivity contribution in [1.82, 2.24) is 19.6 Å². The smallest absolute Gasteiger partial charge is 0.203 e. The van der Waals surface area contributed by atoms with Gasteiger partial charge in [0.25, 0.3) is 0 Å². The predicted octanol–water partition coefficient (Wildman–Crippen LogP) is 2.70. The third-order valence-electron chi connectivity index (χ3n) is 2.85. The van der Waals surface area contributed by atoms with Crippen LogP contribution in [-0.4, -0.2) is 19.6 Å². The van der Waals surface area contributed by atoms with Crippen molar-refractivity contribution in [3.63, 3.8) is 0 Å². The summed E-state index contributed by atoms with van der Waals surface area (Å²) in [4.78, 5) is 4.29. The van der Waals surface area contributed by atoms with Crippen LogP contribution in [0.5, 0.6) is 0 Å². The lowest BCUT2D eigenvalue weighted by Gasteiger charge is -2.06. The van der Waals surface area contributed by atoms with Gasteiger partial charge < -0.3 is 5.32 Å². The molecule has 0 saturated carbocycles. The van der Waals surface area contributed by atoms with Gasteiger partial charge in [0.2, 0.25) is 5.65 Å². The molecule has 0 unspecified atom stereocenters. The van der Waals surface area contributed by atoms with Crippen molar-refractivity contribution >= 4 is 23.1 Å². The topological polar surface area (TPSA) is 55.1 Å². The molecule has 6 heteroatoms. The zero-order valence-corrected chi connectivity index (χ0v) is 11.1. The molecule has 0 amide bonds. The number of benzene rings is 1. The van der Waals surface area contributed by atoms with Crippen LogP contribution in [0, 0.1) is 6.92 Å². The molecule has 0 aliphatic rings. The number of halogens is 1. The monoisotopic (exact) mass is 273 g/mol. The lowest BCUT2D eigenvalue weighted by atomic mass is 10.2. The molecule has 3 rings (SSSR count). The van der Waals surface area contributed by atoms with E-state index >= 15 is 0 Å². The Morgan fingerprint density at radius 1 is 1.32 bits per heavy atom. The summed E-state index contributed by atoms with van der Waals surface area (Å²) in [7, 11) is 0. The number of rotatable bonds is 3. The summed E-state index contributed by atoms with van der Waals surface area (Å²) < 4.78 is 1.90. The molecule has 19 heavy (non-hydrogen) atoms. The molecule has 1 aromatic carbocycles. The van der Waals surface area contributed by atoms with Crippen LogP contribution < -0.4 is 5.32 Å². The largest absolute Gasteiger partial charge is 0.363 e. The predicted molar refractivity (Wildman–Crippen MR) is 74.3 cm³/mol. The minimum Gasteiger partial charge on any atom is -0.363 e. The average Bonchev–Trinajstić information content (AvgIpc) is 2.79. The lowest BCUT2D eigenvalue weighted by Crippen LogP contribution is -2.03. The fourth-order valence-corrected chi connectivity index (χ4v) is 2.11. The highest BCUT2D eigenvalue weighted by atomic mass is 35.5. The standard InChI is InChI=1S/C13H12ClN5/c1-9-17-18-13-12(15-5-6-19(9)13)16-8-10-3-2-4-11(14)7-10/h2-7H,8H2,1H3,(H,15,16). The normalized spacial score (nSPS) is 10.8. The van der Waals surface area contributed by atoms with E-state index in [0.29, 0.717) is 12.4 Å². The van der Waals surface area contributed by atoms with Crippen LogP contribution in [0.25, 0.3) is 5.65 Å². The van der Waals surface area contributed by atoms with Crippen molar-refractivity contribution in [3.05, 3.63) is 53.1 Å². The fourth-order valence-electron chi connectivity index (χ4n) is 1.90. The van der Waals surface area contributed by atoms with Crippen molar-refractivity contribution in [1.29, 1.82) is 0 Å². The molecule has 0 bridgehead atoms. The summed E-state index contributed by atoms with van der Waals surface area (Å²) in [6.45, 7) is 2.54. The Balaban J connectivity index is 1.86. The minimum atomic E-state index is 0.638. The first-order valence-electron chi connectivity index (χ1n) is 5.89. The summed E-state index contributed by atoms with van der Waals surface area (Å²) in [6, 6.07) is 7.71. The second kappa shape index (κ2) is 4.85. The maximum atomic E-state index is 5.96. The van der Waals surface area contributed by atoms with E-state index in [-0.39, 0.29) is 0 Å². The molecule has 2 heterocycles. The molecule has 0 aliphatic heterocycles. The highest BCUT2D eigenvalue weighted by molar-refractivity contribution is 6.30. The van der Waals surface area contributed by atoms with E-state index in [1.807, 2.05) is 41.8 Å². The molecule has 96 valence electrons. The van der Waals surface area contributed by atoms with E-state index in [2.05, 4.69) is 20.5 Å². The molecule has 0 aliphatic carbocycles. The fraction of sp³-hybridized carbons (Fsp3) is 0.154. The first-order valence-corrected chi connectivity index (χ1v) is 6.26. The van der Waals surface area contributed by atoms with E-state index in [1.165, 1.54) is 0 Å². The van der Waals surface area contributed by atoms with Gasteiger partial charge in [-0.05, 0) is 24.6 Å². The van der Waals surface area contributed by atoms with E-state index in [4.69, 9.17) is 11.6 Å². The zero-order valence-electron chi connectivity index (χ0n) is 10.3. The minimum absolute atomic E-state index is 0.638. The van der Waals surface area contributed by atoms with Crippen LogP contribution in [0.2, 0.25) is 5.02 Å². The number of fused-ring (bicyclic) bond motifs is 1. The van der Waals surface area contributed by atoms with Gasteiger partial charge in [-0.15, -0.1) is 10.2 Å². The number of hydrogen-bond acceptors (Lipinski definition) is 4. The quantitative estimate of drug-likeness (QED) is 0.797. The third kappa shape index (κ3) is 2.37. The van der Waals surface area contributed by atoms with Crippen molar-refractivity contribution in [3.8, 4) is 0 Å². The summed E-state index contributed by atoms with van der Waals surface area (Å²) in [5.74, 6) is 1.55. The maximum Gasteiger partial charge on any atom is 0.203 e. The van der Waals surface area contributed by atoms with Crippen molar-refractivity contribution in [2.24, 2.45) is 0 Å². The lowest BCUT2D eigenvalue weighted by molar-refractivity contribution is 1.000. The summed E-state index contributed by atoms with van der Waals surface area (Å²) in [5, 5.41) is 12.1.